The Balaban J connectivity index is 3.14. The van der Waals surface area contributed by atoms with Crippen LogP contribution in [-0.2, 0) is 0 Å². The van der Waals surface area contributed by atoms with Crippen LogP contribution in [0.1, 0.15) is 10.4 Å². The van der Waals surface area contributed by atoms with Crippen LogP contribution in [0, 0.1) is 0 Å². The molecule has 1 aromatic heterocycles. The van der Waals surface area contributed by atoms with E-state index in [9.17, 15) is 4.79 Å². The van der Waals surface area contributed by atoms with E-state index in [0.717, 1.165) is 10.1 Å². The molecule has 0 aliphatic heterocycles. The minimum absolute atomic E-state index is 0.409. The van der Waals surface area contributed by atoms with Crippen molar-refractivity contribution in [2.75, 3.05) is 12.5 Å². The SMILES string of the molecule is CSc1cc(C(N)=O)cc(SC)n1. The van der Waals surface area contributed by atoms with Crippen molar-refractivity contribution in [2.45, 2.75) is 10.1 Å². The summed E-state index contributed by atoms with van der Waals surface area (Å²) in [6, 6.07) is 3.40. The van der Waals surface area contributed by atoms with Gasteiger partial charge in [0.15, 0.2) is 0 Å². The zero-order chi connectivity index (χ0) is 9.84. The maximum atomic E-state index is 10.9. The topological polar surface area (TPSA) is 56.0 Å². The van der Waals surface area contributed by atoms with Crippen molar-refractivity contribution in [2.24, 2.45) is 5.73 Å². The highest BCUT2D eigenvalue weighted by Gasteiger charge is 2.05. The number of pyridine rings is 1. The van der Waals surface area contributed by atoms with Crippen molar-refractivity contribution < 1.29 is 4.79 Å². The van der Waals surface area contributed by atoms with Crippen molar-refractivity contribution >= 4 is 29.4 Å². The number of thioether (sulfide) groups is 2. The largest absolute Gasteiger partial charge is 0.366 e. The number of hydrogen-bond donors (Lipinski definition) is 1. The van der Waals surface area contributed by atoms with E-state index in [4.69, 9.17) is 5.73 Å². The number of nitrogens with zero attached hydrogens (tertiary/aromatic N) is 1. The van der Waals surface area contributed by atoms with Crippen molar-refractivity contribution in [3.63, 3.8) is 0 Å². The number of nitrogens with two attached hydrogens (primary N) is 1. The molecule has 1 heterocycles. The molecule has 0 saturated heterocycles. The molecule has 0 fully saturated rings. The van der Waals surface area contributed by atoms with E-state index in [1.165, 1.54) is 23.5 Å². The first-order valence-electron chi connectivity index (χ1n) is 3.57. The van der Waals surface area contributed by atoms with Crippen LogP contribution in [0.25, 0.3) is 0 Å². The highest BCUT2D eigenvalue weighted by Crippen LogP contribution is 2.20. The molecule has 0 atom stereocenters. The Kier molecular flexibility index (Phi) is 3.62. The molecule has 0 aliphatic carbocycles. The molecule has 3 nitrogen and oxygen atoms in total. The standard InChI is InChI=1S/C8H10N2OS2/c1-12-6-3-5(8(9)11)4-7(10-6)13-2/h3-4H,1-2H3,(H2,9,11). The number of rotatable bonds is 3. The third kappa shape index (κ3) is 2.63. The molecule has 1 rings (SSSR count). The monoisotopic (exact) mass is 214 g/mol. The van der Waals surface area contributed by atoms with Crippen LogP contribution in [0.2, 0.25) is 0 Å². The molecule has 0 aliphatic rings. The predicted molar refractivity (Wildman–Crippen MR) is 56.3 cm³/mol. The van der Waals surface area contributed by atoms with Crippen molar-refractivity contribution in [1.82, 2.24) is 4.98 Å². The number of carbonyl (C=O) groups is 1. The summed E-state index contributed by atoms with van der Waals surface area (Å²) in [6.45, 7) is 0. The van der Waals surface area contributed by atoms with Crippen molar-refractivity contribution in [3.8, 4) is 0 Å². The Morgan fingerprint density at radius 1 is 1.31 bits per heavy atom. The summed E-state index contributed by atoms with van der Waals surface area (Å²) in [5.74, 6) is -0.409. The first-order valence-corrected chi connectivity index (χ1v) is 6.02. The maximum absolute atomic E-state index is 10.9. The molecular weight excluding hydrogens is 204 g/mol. The fraction of sp³-hybridized carbons (Fsp3) is 0.250. The van der Waals surface area contributed by atoms with Crippen LogP contribution < -0.4 is 5.73 Å². The van der Waals surface area contributed by atoms with Crippen LogP contribution in [-0.4, -0.2) is 23.4 Å². The second-order valence-corrected chi connectivity index (χ2v) is 3.96. The van der Waals surface area contributed by atoms with Gasteiger partial charge in [-0.05, 0) is 24.6 Å². The first kappa shape index (κ1) is 10.4. The lowest BCUT2D eigenvalue weighted by Crippen LogP contribution is -2.11. The van der Waals surface area contributed by atoms with Gasteiger partial charge in [0.05, 0.1) is 10.1 Å². The van der Waals surface area contributed by atoms with Crippen molar-refractivity contribution in [1.29, 1.82) is 0 Å². The zero-order valence-corrected chi connectivity index (χ0v) is 9.04. The van der Waals surface area contributed by atoms with Gasteiger partial charge in [-0.25, -0.2) is 4.98 Å². The minimum atomic E-state index is -0.409. The average molecular weight is 214 g/mol. The smallest absolute Gasteiger partial charge is 0.248 e. The van der Waals surface area contributed by atoms with Gasteiger partial charge in [-0.15, -0.1) is 23.5 Å². The van der Waals surface area contributed by atoms with Gasteiger partial charge < -0.3 is 5.73 Å². The van der Waals surface area contributed by atoms with E-state index in [-0.39, 0.29) is 0 Å². The summed E-state index contributed by atoms with van der Waals surface area (Å²) in [5.41, 5.74) is 5.69. The Hall–Kier alpha value is -0.680. The van der Waals surface area contributed by atoms with E-state index in [0.29, 0.717) is 5.56 Å². The van der Waals surface area contributed by atoms with Gasteiger partial charge in [-0.3, -0.25) is 4.79 Å². The normalized spacial score (nSPS) is 10.0. The molecule has 0 saturated carbocycles. The summed E-state index contributed by atoms with van der Waals surface area (Å²) < 4.78 is 0. The number of carbonyl (C=O) groups excluding carboxylic acids is 1. The van der Waals surface area contributed by atoms with Gasteiger partial charge in [0.25, 0.3) is 0 Å². The summed E-state index contributed by atoms with van der Waals surface area (Å²) in [5, 5.41) is 1.64. The third-order valence-corrected chi connectivity index (χ3v) is 2.74. The molecule has 1 aromatic rings. The van der Waals surface area contributed by atoms with Crippen LogP contribution in [0.4, 0.5) is 0 Å². The third-order valence-electron chi connectivity index (χ3n) is 1.48. The molecule has 0 spiro atoms. The summed E-state index contributed by atoms with van der Waals surface area (Å²) in [4.78, 5) is 15.2. The molecule has 5 heteroatoms. The predicted octanol–water partition coefficient (Wildman–Crippen LogP) is 1.62. The molecule has 1 amide bonds. The van der Waals surface area contributed by atoms with Gasteiger partial charge in [-0.1, -0.05) is 0 Å². The fourth-order valence-electron chi connectivity index (χ4n) is 0.832. The lowest BCUT2D eigenvalue weighted by Gasteiger charge is -2.02. The van der Waals surface area contributed by atoms with Gasteiger partial charge >= 0.3 is 0 Å². The molecule has 0 unspecified atom stereocenters. The van der Waals surface area contributed by atoms with E-state index in [1.807, 2.05) is 12.5 Å². The molecule has 0 radical (unpaired) electrons. The van der Waals surface area contributed by atoms with Crippen LogP contribution in [0.15, 0.2) is 22.2 Å². The minimum Gasteiger partial charge on any atom is -0.366 e. The van der Waals surface area contributed by atoms with Crippen LogP contribution in [0.5, 0.6) is 0 Å². The van der Waals surface area contributed by atoms with Gasteiger partial charge in [0, 0.05) is 5.56 Å². The molecule has 70 valence electrons. The lowest BCUT2D eigenvalue weighted by molar-refractivity contribution is 0.0999. The van der Waals surface area contributed by atoms with Crippen molar-refractivity contribution in [3.05, 3.63) is 17.7 Å². The summed E-state index contributed by atoms with van der Waals surface area (Å²) in [6.07, 6.45) is 3.83. The second kappa shape index (κ2) is 4.53. The maximum Gasteiger partial charge on any atom is 0.248 e. The number of amides is 1. The Labute approximate surface area is 85.5 Å². The summed E-state index contributed by atoms with van der Waals surface area (Å²) >= 11 is 3.00. The Bertz CT molecular complexity index is 306. The van der Waals surface area contributed by atoms with E-state index in [1.54, 1.807) is 12.1 Å². The van der Waals surface area contributed by atoms with Crippen LogP contribution in [0.3, 0.4) is 0 Å². The number of primary amides is 1. The Morgan fingerprint density at radius 2 is 1.77 bits per heavy atom. The number of hydrogen-bond acceptors (Lipinski definition) is 4. The van der Waals surface area contributed by atoms with E-state index in [2.05, 4.69) is 4.98 Å². The van der Waals surface area contributed by atoms with Gasteiger partial charge in [0.2, 0.25) is 5.91 Å². The average Bonchev–Trinajstić information content (AvgIpc) is 2.16. The molecule has 2 N–H and O–H groups in total. The van der Waals surface area contributed by atoms with E-state index < -0.39 is 5.91 Å². The first-order chi connectivity index (χ1) is 6.17. The molecule has 13 heavy (non-hydrogen) atoms. The highest BCUT2D eigenvalue weighted by molar-refractivity contribution is 7.99. The molecule has 0 aromatic carbocycles. The van der Waals surface area contributed by atoms with Gasteiger partial charge in [0.1, 0.15) is 0 Å². The summed E-state index contributed by atoms with van der Waals surface area (Å²) in [7, 11) is 0. The lowest BCUT2D eigenvalue weighted by atomic mass is 10.3. The number of aromatic nitrogens is 1. The molecule has 0 bridgehead atoms. The second-order valence-electron chi connectivity index (χ2n) is 2.30. The van der Waals surface area contributed by atoms with Gasteiger partial charge in [-0.2, -0.15) is 0 Å². The zero-order valence-electron chi connectivity index (χ0n) is 7.40. The quantitative estimate of drug-likeness (QED) is 0.777. The van der Waals surface area contributed by atoms with Crippen LogP contribution >= 0.6 is 23.5 Å². The fourth-order valence-corrected chi connectivity index (χ4v) is 1.76. The van der Waals surface area contributed by atoms with E-state index >= 15 is 0 Å². The Morgan fingerprint density at radius 3 is 2.08 bits per heavy atom. The highest BCUT2D eigenvalue weighted by atomic mass is 32.2. The molecular formula is C8H10N2OS2.